The standard InChI is InChI=1S/C20H21NO3/c1-3-15-6-5-7-16(4-2)20(15)21-19(22)11-9-14-8-10-17-18(12-14)24-13-23-17/h5-12H,3-4,13H2,1-2H3,(H,21,22). The lowest BCUT2D eigenvalue weighted by Gasteiger charge is -2.13. The normalized spacial score (nSPS) is 12.6. The second kappa shape index (κ2) is 7.21. The van der Waals surface area contributed by atoms with Gasteiger partial charge in [0.15, 0.2) is 11.5 Å². The van der Waals surface area contributed by atoms with Gasteiger partial charge in [0.25, 0.3) is 0 Å². The van der Waals surface area contributed by atoms with Gasteiger partial charge in [0.1, 0.15) is 0 Å². The van der Waals surface area contributed by atoms with Gasteiger partial charge in [0, 0.05) is 11.8 Å². The number of amides is 1. The molecule has 24 heavy (non-hydrogen) atoms. The lowest BCUT2D eigenvalue weighted by Crippen LogP contribution is -2.11. The highest BCUT2D eigenvalue weighted by Crippen LogP contribution is 2.32. The number of hydrogen-bond donors (Lipinski definition) is 1. The molecule has 0 saturated heterocycles. The first-order valence-corrected chi connectivity index (χ1v) is 8.20. The molecule has 0 unspecified atom stereocenters. The molecule has 2 aromatic carbocycles. The highest BCUT2D eigenvalue weighted by molar-refractivity contribution is 6.02. The molecule has 4 nitrogen and oxygen atoms in total. The van der Waals surface area contributed by atoms with Crippen molar-refractivity contribution in [3.05, 3.63) is 59.2 Å². The molecule has 0 aromatic heterocycles. The van der Waals surface area contributed by atoms with Crippen molar-refractivity contribution >= 4 is 17.7 Å². The summed E-state index contributed by atoms with van der Waals surface area (Å²) in [5, 5.41) is 3.02. The lowest BCUT2D eigenvalue weighted by molar-refractivity contribution is -0.111. The van der Waals surface area contributed by atoms with Crippen molar-refractivity contribution in [2.24, 2.45) is 0 Å². The van der Waals surface area contributed by atoms with Crippen LogP contribution < -0.4 is 14.8 Å². The van der Waals surface area contributed by atoms with Gasteiger partial charge in [-0.15, -0.1) is 0 Å². The van der Waals surface area contributed by atoms with Crippen molar-refractivity contribution < 1.29 is 14.3 Å². The van der Waals surface area contributed by atoms with E-state index >= 15 is 0 Å². The molecule has 0 saturated carbocycles. The van der Waals surface area contributed by atoms with E-state index in [9.17, 15) is 4.79 Å². The molecule has 124 valence electrons. The number of ether oxygens (including phenoxy) is 2. The number of rotatable bonds is 5. The number of hydrogen-bond acceptors (Lipinski definition) is 3. The van der Waals surface area contributed by atoms with E-state index in [-0.39, 0.29) is 12.7 Å². The number of nitrogens with one attached hydrogen (secondary N) is 1. The van der Waals surface area contributed by atoms with E-state index in [0.717, 1.165) is 41.0 Å². The second-order valence-electron chi connectivity index (χ2n) is 5.59. The Morgan fingerprint density at radius 2 is 1.79 bits per heavy atom. The van der Waals surface area contributed by atoms with Crippen molar-refractivity contribution in [2.45, 2.75) is 26.7 Å². The Morgan fingerprint density at radius 3 is 2.50 bits per heavy atom. The molecule has 2 aromatic rings. The molecule has 0 radical (unpaired) electrons. The summed E-state index contributed by atoms with van der Waals surface area (Å²) in [6, 6.07) is 11.8. The predicted octanol–water partition coefficient (Wildman–Crippen LogP) is 4.19. The molecule has 3 rings (SSSR count). The molecule has 0 bridgehead atoms. The van der Waals surface area contributed by atoms with E-state index in [1.807, 2.05) is 24.3 Å². The van der Waals surface area contributed by atoms with Crippen LogP contribution in [0.1, 0.15) is 30.5 Å². The molecule has 0 spiro atoms. The fourth-order valence-electron chi connectivity index (χ4n) is 2.76. The Labute approximate surface area is 142 Å². The number of fused-ring (bicyclic) bond motifs is 1. The third kappa shape index (κ3) is 3.43. The third-order valence-corrected chi connectivity index (χ3v) is 4.07. The summed E-state index contributed by atoms with van der Waals surface area (Å²) < 4.78 is 10.6. The van der Waals surface area contributed by atoms with E-state index in [1.165, 1.54) is 0 Å². The van der Waals surface area contributed by atoms with Gasteiger partial charge < -0.3 is 14.8 Å². The van der Waals surface area contributed by atoms with Crippen LogP contribution in [0.2, 0.25) is 0 Å². The minimum absolute atomic E-state index is 0.136. The van der Waals surface area contributed by atoms with Crippen LogP contribution in [0.5, 0.6) is 11.5 Å². The van der Waals surface area contributed by atoms with Gasteiger partial charge in [0.2, 0.25) is 12.7 Å². The molecular weight excluding hydrogens is 302 g/mol. The number of para-hydroxylation sites is 1. The van der Waals surface area contributed by atoms with Gasteiger partial charge in [-0.05, 0) is 47.7 Å². The first-order chi connectivity index (χ1) is 11.7. The second-order valence-corrected chi connectivity index (χ2v) is 5.59. The van der Waals surface area contributed by atoms with E-state index in [4.69, 9.17) is 9.47 Å². The van der Waals surface area contributed by atoms with E-state index < -0.39 is 0 Å². The Balaban J connectivity index is 1.74. The van der Waals surface area contributed by atoms with Gasteiger partial charge in [-0.3, -0.25) is 4.79 Å². The largest absolute Gasteiger partial charge is 0.454 e. The molecular formula is C20H21NO3. The summed E-state index contributed by atoms with van der Waals surface area (Å²) in [7, 11) is 0. The molecule has 1 amide bonds. The monoisotopic (exact) mass is 323 g/mol. The molecule has 1 N–H and O–H groups in total. The van der Waals surface area contributed by atoms with Crippen LogP contribution in [0.3, 0.4) is 0 Å². The molecule has 1 aliphatic heterocycles. The fourth-order valence-corrected chi connectivity index (χ4v) is 2.76. The number of carbonyl (C=O) groups is 1. The molecule has 1 aliphatic rings. The molecule has 4 heteroatoms. The smallest absolute Gasteiger partial charge is 0.248 e. The summed E-state index contributed by atoms with van der Waals surface area (Å²) in [6.07, 6.45) is 5.09. The van der Waals surface area contributed by atoms with Gasteiger partial charge >= 0.3 is 0 Å². The Kier molecular flexibility index (Phi) is 4.85. The van der Waals surface area contributed by atoms with Gasteiger partial charge in [-0.2, -0.15) is 0 Å². The zero-order valence-corrected chi connectivity index (χ0v) is 14.0. The zero-order valence-electron chi connectivity index (χ0n) is 14.0. The SMILES string of the molecule is CCc1cccc(CC)c1NC(=O)C=Cc1ccc2c(c1)OCO2. The summed E-state index contributed by atoms with van der Waals surface area (Å²) >= 11 is 0. The van der Waals surface area contributed by atoms with Crippen molar-refractivity contribution in [2.75, 3.05) is 12.1 Å². The molecule has 0 atom stereocenters. The van der Waals surface area contributed by atoms with Crippen molar-refractivity contribution in [3.63, 3.8) is 0 Å². The summed E-state index contributed by atoms with van der Waals surface area (Å²) in [6.45, 7) is 4.43. The fraction of sp³-hybridized carbons (Fsp3) is 0.250. The number of benzene rings is 2. The van der Waals surface area contributed by atoms with Gasteiger partial charge in [-0.25, -0.2) is 0 Å². The highest BCUT2D eigenvalue weighted by Gasteiger charge is 2.12. The van der Waals surface area contributed by atoms with Gasteiger partial charge in [-0.1, -0.05) is 38.1 Å². The minimum Gasteiger partial charge on any atom is -0.454 e. The van der Waals surface area contributed by atoms with Crippen LogP contribution in [0.15, 0.2) is 42.5 Å². The summed E-state index contributed by atoms with van der Waals surface area (Å²) in [5.41, 5.74) is 4.13. The summed E-state index contributed by atoms with van der Waals surface area (Å²) in [4.78, 5) is 12.3. The van der Waals surface area contributed by atoms with Crippen LogP contribution in [0.4, 0.5) is 5.69 Å². The maximum atomic E-state index is 12.3. The third-order valence-electron chi connectivity index (χ3n) is 4.07. The molecule has 0 aliphatic carbocycles. The number of aryl methyl sites for hydroxylation is 2. The summed E-state index contributed by atoms with van der Waals surface area (Å²) in [5.74, 6) is 1.31. The number of anilines is 1. The molecule has 1 heterocycles. The van der Waals surface area contributed by atoms with E-state index in [1.54, 1.807) is 12.2 Å². The van der Waals surface area contributed by atoms with Crippen LogP contribution in [-0.4, -0.2) is 12.7 Å². The Hall–Kier alpha value is -2.75. The maximum absolute atomic E-state index is 12.3. The van der Waals surface area contributed by atoms with Crippen LogP contribution in [0.25, 0.3) is 6.08 Å². The van der Waals surface area contributed by atoms with Crippen LogP contribution >= 0.6 is 0 Å². The first-order valence-electron chi connectivity index (χ1n) is 8.20. The highest BCUT2D eigenvalue weighted by atomic mass is 16.7. The Bertz CT molecular complexity index is 758. The van der Waals surface area contributed by atoms with Crippen molar-refractivity contribution in [3.8, 4) is 11.5 Å². The van der Waals surface area contributed by atoms with Crippen LogP contribution in [-0.2, 0) is 17.6 Å². The lowest BCUT2D eigenvalue weighted by atomic mass is 10.0. The van der Waals surface area contributed by atoms with Crippen molar-refractivity contribution in [1.29, 1.82) is 0 Å². The Morgan fingerprint density at radius 1 is 1.08 bits per heavy atom. The minimum atomic E-state index is -0.136. The molecule has 0 fully saturated rings. The zero-order chi connectivity index (χ0) is 16.9. The number of carbonyl (C=O) groups excluding carboxylic acids is 1. The first kappa shape index (κ1) is 16.1. The average molecular weight is 323 g/mol. The predicted molar refractivity (Wildman–Crippen MR) is 95.4 cm³/mol. The quantitative estimate of drug-likeness (QED) is 0.839. The van der Waals surface area contributed by atoms with Gasteiger partial charge in [0.05, 0.1) is 0 Å². The van der Waals surface area contributed by atoms with Crippen molar-refractivity contribution in [1.82, 2.24) is 0 Å². The topological polar surface area (TPSA) is 47.6 Å². The van der Waals surface area contributed by atoms with Crippen LogP contribution in [0, 0.1) is 0 Å². The van der Waals surface area contributed by atoms with E-state index in [2.05, 4.69) is 31.3 Å². The average Bonchev–Trinajstić information content (AvgIpc) is 3.07. The maximum Gasteiger partial charge on any atom is 0.248 e. The van der Waals surface area contributed by atoms with E-state index in [0.29, 0.717) is 5.75 Å².